The van der Waals surface area contributed by atoms with Crippen LogP contribution in [0.1, 0.15) is 17.5 Å². The molecule has 0 saturated carbocycles. The maximum Gasteiger partial charge on any atom is 0.309 e. The lowest BCUT2D eigenvalue weighted by Crippen LogP contribution is -2.25. The number of carbonyl (C=O) groups excluding carboxylic acids is 1. The molecular weight excluding hydrogens is 458 g/mol. The zero-order chi connectivity index (χ0) is 21.3. The van der Waals surface area contributed by atoms with Crippen molar-refractivity contribution >= 4 is 52.5 Å². The molecule has 158 valence electrons. The summed E-state index contributed by atoms with van der Waals surface area (Å²) in [6.07, 6.45) is 1.63. The summed E-state index contributed by atoms with van der Waals surface area (Å²) >= 11 is 18.6. The summed E-state index contributed by atoms with van der Waals surface area (Å²) in [7, 11) is 0. The number of halogens is 4. The summed E-state index contributed by atoms with van der Waals surface area (Å²) in [6.45, 7) is -0.223. The van der Waals surface area contributed by atoms with Crippen LogP contribution in [-0.2, 0) is 22.4 Å². The standard InChI is InChI=1S/C21H22Cl3FO3S/c22-21(23,24)14-28-20(27)17(10-12-29-19-7-5-18(25)6-8-19)13-16-3-1-15(2-4-16)9-11-26/h1-8,17,26H,9-14H2. The highest BCUT2D eigenvalue weighted by atomic mass is 35.6. The molecule has 29 heavy (non-hydrogen) atoms. The van der Waals surface area contributed by atoms with Crippen molar-refractivity contribution in [2.24, 2.45) is 5.92 Å². The van der Waals surface area contributed by atoms with E-state index < -0.39 is 15.7 Å². The van der Waals surface area contributed by atoms with Crippen LogP contribution in [0.3, 0.4) is 0 Å². The van der Waals surface area contributed by atoms with Crippen molar-refractivity contribution in [2.75, 3.05) is 19.0 Å². The van der Waals surface area contributed by atoms with Crippen LogP contribution in [0.25, 0.3) is 0 Å². The van der Waals surface area contributed by atoms with E-state index in [-0.39, 0.29) is 19.0 Å². The number of thioether (sulfide) groups is 1. The second-order valence-electron chi connectivity index (χ2n) is 6.51. The van der Waals surface area contributed by atoms with E-state index in [4.69, 9.17) is 44.6 Å². The van der Waals surface area contributed by atoms with Crippen LogP contribution in [0.15, 0.2) is 53.4 Å². The average Bonchev–Trinajstić information content (AvgIpc) is 2.68. The van der Waals surface area contributed by atoms with Crippen molar-refractivity contribution < 1.29 is 19.0 Å². The summed E-state index contributed by atoms with van der Waals surface area (Å²) in [5.41, 5.74) is 2.01. The number of hydrogen-bond donors (Lipinski definition) is 1. The van der Waals surface area contributed by atoms with Crippen LogP contribution < -0.4 is 0 Å². The van der Waals surface area contributed by atoms with E-state index >= 15 is 0 Å². The Hall–Kier alpha value is -0.980. The van der Waals surface area contributed by atoms with Crippen LogP contribution >= 0.6 is 46.6 Å². The summed E-state index contributed by atoms with van der Waals surface area (Å²) in [4.78, 5) is 13.5. The Morgan fingerprint density at radius 3 is 2.28 bits per heavy atom. The number of aliphatic hydroxyl groups excluding tert-OH is 1. The monoisotopic (exact) mass is 478 g/mol. The molecule has 0 aromatic heterocycles. The van der Waals surface area contributed by atoms with Gasteiger partial charge in [-0.15, -0.1) is 11.8 Å². The van der Waals surface area contributed by atoms with Crippen molar-refractivity contribution in [3.8, 4) is 0 Å². The second-order valence-corrected chi connectivity index (χ2v) is 10.2. The highest BCUT2D eigenvalue weighted by Gasteiger charge is 2.26. The number of alkyl halides is 3. The predicted molar refractivity (Wildman–Crippen MR) is 117 cm³/mol. The number of aliphatic hydroxyl groups is 1. The third-order valence-electron chi connectivity index (χ3n) is 4.17. The lowest BCUT2D eigenvalue weighted by Gasteiger charge is -2.18. The van der Waals surface area contributed by atoms with Crippen LogP contribution in [0.4, 0.5) is 4.39 Å². The minimum atomic E-state index is -1.66. The number of esters is 1. The van der Waals surface area contributed by atoms with E-state index in [0.717, 1.165) is 16.0 Å². The van der Waals surface area contributed by atoms with E-state index in [9.17, 15) is 9.18 Å². The van der Waals surface area contributed by atoms with Crippen molar-refractivity contribution in [1.82, 2.24) is 0 Å². The lowest BCUT2D eigenvalue weighted by molar-refractivity contribution is -0.148. The number of benzene rings is 2. The number of ether oxygens (including phenoxy) is 1. The van der Waals surface area contributed by atoms with Crippen LogP contribution in [0, 0.1) is 11.7 Å². The van der Waals surface area contributed by atoms with Crippen LogP contribution in [-0.4, -0.2) is 33.8 Å². The highest BCUT2D eigenvalue weighted by molar-refractivity contribution is 7.99. The highest BCUT2D eigenvalue weighted by Crippen LogP contribution is 2.28. The summed E-state index contributed by atoms with van der Waals surface area (Å²) in [5, 5.41) is 9.02. The first-order valence-electron chi connectivity index (χ1n) is 9.07. The van der Waals surface area contributed by atoms with Gasteiger partial charge < -0.3 is 9.84 Å². The van der Waals surface area contributed by atoms with Gasteiger partial charge in [0, 0.05) is 11.5 Å². The molecule has 1 atom stereocenters. The molecule has 0 aliphatic rings. The molecule has 0 spiro atoms. The largest absolute Gasteiger partial charge is 0.461 e. The molecule has 0 saturated heterocycles. The summed E-state index contributed by atoms with van der Waals surface area (Å²) in [5.74, 6) is -0.455. The molecule has 0 bridgehead atoms. The van der Waals surface area contributed by atoms with Gasteiger partial charge >= 0.3 is 5.97 Å². The van der Waals surface area contributed by atoms with Gasteiger partial charge in [-0.25, -0.2) is 4.39 Å². The average molecular weight is 480 g/mol. The third kappa shape index (κ3) is 9.58. The normalized spacial score (nSPS) is 12.6. The van der Waals surface area contributed by atoms with Gasteiger partial charge in [0.05, 0.1) is 5.92 Å². The van der Waals surface area contributed by atoms with Crippen molar-refractivity contribution in [3.05, 3.63) is 65.5 Å². The van der Waals surface area contributed by atoms with Gasteiger partial charge in [0.25, 0.3) is 0 Å². The Morgan fingerprint density at radius 1 is 1.07 bits per heavy atom. The zero-order valence-corrected chi connectivity index (χ0v) is 18.7. The first kappa shape index (κ1) is 24.3. The van der Waals surface area contributed by atoms with Crippen LogP contribution in [0.5, 0.6) is 0 Å². The Balaban J connectivity index is 1.99. The van der Waals surface area contributed by atoms with Gasteiger partial charge in [-0.3, -0.25) is 4.79 Å². The van der Waals surface area contributed by atoms with E-state index in [1.807, 2.05) is 24.3 Å². The third-order valence-corrected chi connectivity index (χ3v) is 5.54. The minimum absolute atomic E-state index is 0.0892. The fourth-order valence-electron chi connectivity index (χ4n) is 2.68. The minimum Gasteiger partial charge on any atom is -0.461 e. The summed E-state index contributed by atoms with van der Waals surface area (Å²) in [6, 6.07) is 14.0. The number of carbonyl (C=O) groups is 1. The maximum absolute atomic E-state index is 13.0. The molecule has 0 amide bonds. The fraction of sp³-hybridized carbons (Fsp3) is 0.381. The lowest BCUT2D eigenvalue weighted by atomic mass is 9.96. The SMILES string of the molecule is O=C(OCC(Cl)(Cl)Cl)C(CCSc1ccc(F)cc1)Cc1ccc(CCO)cc1. The first-order valence-corrected chi connectivity index (χ1v) is 11.2. The molecule has 0 heterocycles. The number of hydrogen-bond acceptors (Lipinski definition) is 4. The predicted octanol–water partition coefficient (Wildman–Crippen LogP) is 5.62. The molecule has 3 nitrogen and oxygen atoms in total. The smallest absolute Gasteiger partial charge is 0.309 e. The number of rotatable bonds is 10. The quantitative estimate of drug-likeness (QED) is 0.273. The molecule has 2 aromatic rings. The zero-order valence-electron chi connectivity index (χ0n) is 15.6. The topological polar surface area (TPSA) is 46.5 Å². The van der Waals surface area contributed by atoms with Crippen molar-refractivity contribution in [1.29, 1.82) is 0 Å². The van der Waals surface area contributed by atoms with Crippen molar-refractivity contribution in [3.63, 3.8) is 0 Å². The van der Waals surface area contributed by atoms with E-state index in [2.05, 4.69) is 0 Å². The van der Waals surface area contributed by atoms with Gasteiger partial charge in [0.15, 0.2) is 0 Å². The molecule has 0 aliphatic heterocycles. The molecule has 1 N–H and O–H groups in total. The second kappa shape index (κ2) is 12.0. The molecule has 0 fully saturated rings. The summed E-state index contributed by atoms with van der Waals surface area (Å²) < 4.78 is 16.6. The van der Waals surface area contributed by atoms with Gasteiger partial charge in [-0.2, -0.15) is 0 Å². The molecule has 0 aliphatic carbocycles. The Bertz CT molecular complexity index is 764. The molecule has 1 unspecified atom stereocenters. The van der Waals surface area contributed by atoms with E-state index in [1.54, 1.807) is 12.1 Å². The Labute approximate surface area is 189 Å². The van der Waals surface area contributed by atoms with Crippen LogP contribution in [0.2, 0.25) is 0 Å². The maximum atomic E-state index is 13.0. The van der Waals surface area contributed by atoms with Gasteiger partial charge in [0.2, 0.25) is 3.79 Å². The Kier molecular flexibility index (Phi) is 10.1. The van der Waals surface area contributed by atoms with Gasteiger partial charge in [-0.05, 0) is 60.4 Å². The molecular formula is C21H22Cl3FO3S. The first-order chi connectivity index (χ1) is 13.8. The fourth-order valence-corrected chi connectivity index (χ4v) is 3.81. The van der Waals surface area contributed by atoms with Gasteiger partial charge in [-0.1, -0.05) is 59.1 Å². The van der Waals surface area contributed by atoms with Crippen molar-refractivity contribution in [2.45, 2.75) is 28.0 Å². The molecule has 2 rings (SSSR count). The molecule has 8 heteroatoms. The van der Waals surface area contributed by atoms with E-state index in [0.29, 0.717) is 25.0 Å². The van der Waals surface area contributed by atoms with E-state index in [1.165, 1.54) is 23.9 Å². The molecule has 0 radical (unpaired) electrons. The van der Waals surface area contributed by atoms with Gasteiger partial charge in [0.1, 0.15) is 12.4 Å². The Morgan fingerprint density at radius 2 is 1.69 bits per heavy atom. The molecule has 2 aromatic carbocycles.